The molecule has 0 saturated carbocycles. The van der Waals surface area contributed by atoms with Gasteiger partial charge in [0.2, 0.25) is 11.8 Å². The van der Waals surface area contributed by atoms with Crippen LogP contribution >= 0.6 is 0 Å². The van der Waals surface area contributed by atoms with E-state index in [1.807, 2.05) is 62.4 Å². The number of para-hydroxylation sites is 1. The van der Waals surface area contributed by atoms with E-state index >= 15 is 0 Å². The van der Waals surface area contributed by atoms with E-state index in [-0.39, 0.29) is 11.8 Å². The lowest BCUT2D eigenvalue weighted by Gasteiger charge is -2.17. The summed E-state index contributed by atoms with van der Waals surface area (Å²) in [6.07, 6.45) is 0.546. The van der Waals surface area contributed by atoms with E-state index in [4.69, 9.17) is 0 Å². The molecule has 4 nitrogen and oxygen atoms in total. The van der Waals surface area contributed by atoms with Gasteiger partial charge in [0.1, 0.15) is 5.92 Å². The molecule has 0 radical (unpaired) electrons. The molecule has 0 aromatic heterocycles. The summed E-state index contributed by atoms with van der Waals surface area (Å²) in [7, 11) is 0. The molecule has 1 aliphatic heterocycles. The quantitative estimate of drug-likeness (QED) is 0.885. The molecule has 0 aliphatic carbocycles. The van der Waals surface area contributed by atoms with Crippen molar-refractivity contribution in [3.8, 4) is 0 Å². The summed E-state index contributed by atoms with van der Waals surface area (Å²) in [5.41, 5.74) is 3.78. The van der Waals surface area contributed by atoms with Crippen LogP contribution in [-0.4, -0.2) is 18.4 Å². The summed E-state index contributed by atoms with van der Waals surface area (Å²) in [5.74, 6) is -0.962. The molecule has 2 amide bonds. The number of hydrogen-bond donors (Lipinski definition) is 1. The van der Waals surface area contributed by atoms with Gasteiger partial charge in [-0.25, -0.2) is 0 Å². The minimum absolute atomic E-state index is 0.126. The molecule has 1 fully saturated rings. The van der Waals surface area contributed by atoms with Gasteiger partial charge in [-0.3, -0.25) is 9.59 Å². The van der Waals surface area contributed by atoms with E-state index in [2.05, 4.69) is 5.32 Å². The Kier molecular flexibility index (Phi) is 4.15. The number of anilines is 2. The van der Waals surface area contributed by atoms with Crippen molar-refractivity contribution < 1.29 is 9.59 Å². The van der Waals surface area contributed by atoms with E-state index in [9.17, 15) is 9.59 Å². The van der Waals surface area contributed by atoms with E-state index < -0.39 is 5.92 Å². The first kappa shape index (κ1) is 15.3. The predicted molar refractivity (Wildman–Crippen MR) is 91.4 cm³/mol. The van der Waals surface area contributed by atoms with Crippen molar-refractivity contribution in [1.82, 2.24) is 0 Å². The van der Waals surface area contributed by atoms with E-state index in [0.29, 0.717) is 13.0 Å². The number of benzene rings is 2. The van der Waals surface area contributed by atoms with Crippen molar-refractivity contribution in [2.75, 3.05) is 16.8 Å². The van der Waals surface area contributed by atoms with Crippen LogP contribution in [0.15, 0.2) is 48.5 Å². The molecule has 1 saturated heterocycles. The molecule has 0 bridgehead atoms. The van der Waals surface area contributed by atoms with Crippen LogP contribution in [0.25, 0.3) is 0 Å². The summed E-state index contributed by atoms with van der Waals surface area (Å²) in [5, 5.41) is 2.91. The second-order valence-electron chi connectivity index (χ2n) is 5.90. The van der Waals surface area contributed by atoms with Crippen molar-refractivity contribution in [3.63, 3.8) is 0 Å². The van der Waals surface area contributed by atoms with Gasteiger partial charge >= 0.3 is 0 Å². The normalized spacial score (nSPS) is 17.4. The number of carbonyl (C=O) groups excluding carboxylic acids is 2. The largest absolute Gasteiger partial charge is 0.325 e. The number of carbonyl (C=O) groups is 2. The van der Waals surface area contributed by atoms with Crippen LogP contribution in [-0.2, 0) is 9.59 Å². The van der Waals surface area contributed by atoms with E-state index in [1.165, 1.54) is 0 Å². The van der Waals surface area contributed by atoms with Crippen molar-refractivity contribution in [1.29, 1.82) is 0 Å². The van der Waals surface area contributed by atoms with Gasteiger partial charge in [-0.1, -0.05) is 30.3 Å². The molecular formula is C19H20N2O2. The SMILES string of the molecule is Cc1cccc(NC(=O)C2CCN(c3ccccc3)C2=O)c1C. The molecule has 1 heterocycles. The highest BCUT2D eigenvalue weighted by atomic mass is 16.2. The van der Waals surface area contributed by atoms with Crippen LogP contribution < -0.4 is 10.2 Å². The maximum Gasteiger partial charge on any atom is 0.239 e. The monoisotopic (exact) mass is 308 g/mol. The molecular weight excluding hydrogens is 288 g/mol. The fourth-order valence-corrected chi connectivity index (χ4v) is 2.89. The first-order valence-electron chi connectivity index (χ1n) is 7.81. The van der Waals surface area contributed by atoms with Gasteiger partial charge in [-0.05, 0) is 49.6 Å². The number of nitrogens with one attached hydrogen (secondary N) is 1. The number of aryl methyl sites for hydroxylation is 1. The highest BCUT2D eigenvalue weighted by Gasteiger charge is 2.37. The highest BCUT2D eigenvalue weighted by Crippen LogP contribution is 2.27. The summed E-state index contributed by atoms with van der Waals surface area (Å²) in [6, 6.07) is 15.3. The Labute approximate surface area is 136 Å². The number of amides is 2. The first-order chi connectivity index (χ1) is 11.1. The fraction of sp³-hybridized carbons (Fsp3) is 0.263. The van der Waals surface area contributed by atoms with Gasteiger partial charge in [0, 0.05) is 17.9 Å². The smallest absolute Gasteiger partial charge is 0.239 e. The zero-order chi connectivity index (χ0) is 16.4. The lowest BCUT2D eigenvalue weighted by molar-refractivity contribution is -0.129. The van der Waals surface area contributed by atoms with Gasteiger partial charge in [-0.2, -0.15) is 0 Å². The van der Waals surface area contributed by atoms with E-state index in [1.54, 1.807) is 4.90 Å². The van der Waals surface area contributed by atoms with Crippen molar-refractivity contribution in [2.45, 2.75) is 20.3 Å². The van der Waals surface area contributed by atoms with Crippen LogP contribution in [0.3, 0.4) is 0 Å². The molecule has 118 valence electrons. The van der Waals surface area contributed by atoms with Crippen LogP contribution in [0.5, 0.6) is 0 Å². The summed E-state index contributed by atoms with van der Waals surface area (Å²) < 4.78 is 0. The second kappa shape index (κ2) is 6.24. The lowest BCUT2D eigenvalue weighted by Crippen LogP contribution is -2.33. The molecule has 1 N–H and O–H groups in total. The molecule has 23 heavy (non-hydrogen) atoms. The number of hydrogen-bond acceptors (Lipinski definition) is 2. The summed E-state index contributed by atoms with van der Waals surface area (Å²) in [4.78, 5) is 26.7. The molecule has 1 aliphatic rings. The molecule has 2 aromatic carbocycles. The average Bonchev–Trinajstić information content (AvgIpc) is 2.94. The standard InChI is InChI=1S/C19H20N2O2/c1-13-7-6-10-17(14(13)2)20-18(22)16-11-12-21(19(16)23)15-8-4-3-5-9-15/h3-10,16H,11-12H2,1-2H3,(H,20,22). The van der Waals surface area contributed by atoms with Gasteiger partial charge in [0.25, 0.3) is 0 Å². The van der Waals surface area contributed by atoms with Crippen molar-refractivity contribution in [2.24, 2.45) is 5.92 Å². The zero-order valence-electron chi connectivity index (χ0n) is 13.4. The maximum absolute atomic E-state index is 12.6. The Morgan fingerprint density at radius 2 is 1.83 bits per heavy atom. The van der Waals surface area contributed by atoms with Gasteiger partial charge in [0.05, 0.1) is 0 Å². The maximum atomic E-state index is 12.6. The Morgan fingerprint density at radius 3 is 2.57 bits per heavy atom. The minimum atomic E-state index is -0.616. The third-order valence-electron chi connectivity index (χ3n) is 4.45. The molecule has 2 aromatic rings. The van der Waals surface area contributed by atoms with Crippen LogP contribution in [0.4, 0.5) is 11.4 Å². The van der Waals surface area contributed by atoms with Gasteiger partial charge in [0.15, 0.2) is 0 Å². The topological polar surface area (TPSA) is 49.4 Å². The molecule has 1 atom stereocenters. The number of nitrogens with zero attached hydrogens (tertiary/aromatic N) is 1. The Hall–Kier alpha value is -2.62. The molecule has 3 rings (SSSR count). The first-order valence-corrected chi connectivity index (χ1v) is 7.81. The zero-order valence-corrected chi connectivity index (χ0v) is 13.4. The third kappa shape index (κ3) is 2.97. The lowest BCUT2D eigenvalue weighted by atomic mass is 10.1. The summed E-state index contributed by atoms with van der Waals surface area (Å²) in [6.45, 7) is 4.55. The molecule has 0 spiro atoms. The fourth-order valence-electron chi connectivity index (χ4n) is 2.89. The number of rotatable bonds is 3. The molecule has 4 heteroatoms. The van der Waals surface area contributed by atoms with Crippen LogP contribution in [0, 0.1) is 19.8 Å². The van der Waals surface area contributed by atoms with Gasteiger partial charge < -0.3 is 10.2 Å². The van der Waals surface area contributed by atoms with Crippen molar-refractivity contribution in [3.05, 3.63) is 59.7 Å². The molecule has 1 unspecified atom stereocenters. The Morgan fingerprint density at radius 1 is 1.09 bits per heavy atom. The van der Waals surface area contributed by atoms with Crippen LogP contribution in [0.2, 0.25) is 0 Å². The third-order valence-corrected chi connectivity index (χ3v) is 4.45. The highest BCUT2D eigenvalue weighted by molar-refractivity contribution is 6.13. The predicted octanol–water partition coefficient (Wildman–Crippen LogP) is 3.30. The minimum Gasteiger partial charge on any atom is -0.325 e. The van der Waals surface area contributed by atoms with Gasteiger partial charge in [-0.15, -0.1) is 0 Å². The Bertz CT molecular complexity index is 740. The summed E-state index contributed by atoms with van der Waals surface area (Å²) >= 11 is 0. The Balaban J connectivity index is 1.74. The average molecular weight is 308 g/mol. The van der Waals surface area contributed by atoms with E-state index in [0.717, 1.165) is 22.5 Å². The second-order valence-corrected chi connectivity index (χ2v) is 5.90. The van der Waals surface area contributed by atoms with Crippen molar-refractivity contribution >= 4 is 23.2 Å². The van der Waals surface area contributed by atoms with Crippen LogP contribution in [0.1, 0.15) is 17.5 Å².